The van der Waals surface area contributed by atoms with Crippen molar-refractivity contribution in [3.05, 3.63) is 0 Å². The van der Waals surface area contributed by atoms with Gasteiger partial charge in [0.1, 0.15) is 21.8 Å². The molecule has 0 unspecified atom stereocenters. The van der Waals surface area contributed by atoms with Crippen molar-refractivity contribution in [1.29, 1.82) is 0 Å². The third kappa shape index (κ3) is 3.29. The summed E-state index contributed by atoms with van der Waals surface area (Å²) in [5.41, 5.74) is -0.711. The summed E-state index contributed by atoms with van der Waals surface area (Å²) in [7, 11) is 5.61. The standard InChI is InChI=1S/C16H30B2O4/c1-10(2)6-7-21-14(3,4)12-11(20-5)13(19)16(17,18)8-15(12)9-22-15/h10-12H,6-9,17-18H2,1-5H3/t11-,12+,15-/m0/s1. The molecule has 0 aromatic carbocycles. The van der Waals surface area contributed by atoms with E-state index in [0.29, 0.717) is 19.1 Å². The number of hydrogen-bond donors (Lipinski definition) is 0. The summed E-state index contributed by atoms with van der Waals surface area (Å²) in [4.78, 5) is 12.8. The lowest BCUT2D eigenvalue weighted by atomic mass is 9.43. The Kier molecular flexibility index (Phi) is 4.88. The van der Waals surface area contributed by atoms with E-state index >= 15 is 0 Å². The Hall–Kier alpha value is -0.320. The van der Waals surface area contributed by atoms with Gasteiger partial charge in [-0.1, -0.05) is 13.8 Å². The van der Waals surface area contributed by atoms with Crippen molar-refractivity contribution in [3.63, 3.8) is 0 Å². The van der Waals surface area contributed by atoms with Crippen molar-refractivity contribution < 1.29 is 19.0 Å². The van der Waals surface area contributed by atoms with Crippen molar-refractivity contribution >= 4 is 21.5 Å². The molecule has 1 spiro atoms. The van der Waals surface area contributed by atoms with Gasteiger partial charge in [0.2, 0.25) is 0 Å². The maximum Gasteiger partial charge on any atom is 0.152 e. The van der Waals surface area contributed by atoms with Crippen LogP contribution in [-0.4, -0.2) is 59.1 Å². The Morgan fingerprint density at radius 2 is 2.00 bits per heavy atom. The number of ether oxygens (including phenoxy) is 3. The molecule has 22 heavy (non-hydrogen) atoms. The predicted octanol–water partition coefficient (Wildman–Crippen LogP) is 0.583. The first-order chi connectivity index (χ1) is 10.1. The van der Waals surface area contributed by atoms with Gasteiger partial charge in [0.15, 0.2) is 5.78 Å². The Balaban J connectivity index is 2.21. The van der Waals surface area contributed by atoms with Crippen molar-refractivity contribution in [1.82, 2.24) is 0 Å². The Labute approximate surface area is 136 Å². The van der Waals surface area contributed by atoms with Crippen molar-refractivity contribution in [2.45, 2.75) is 63.1 Å². The number of epoxide rings is 1. The molecule has 2 aliphatic rings. The van der Waals surface area contributed by atoms with E-state index in [9.17, 15) is 4.79 Å². The second-order valence-electron chi connectivity index (χ2n) is 8.55. The lowest BCUT2D eigenvalue weighted by Crippen LogP contribution is -2.60. The molecule has 4 nitrogen and oxygen atoms in total. The van der Waals surface area contributed by atoms with Gasteiger partial charge in [0, 0.05) is 13.7 Å². The van der Waals surface area contributed by atoms with Gasteiger partial charge >= 0.3 is 0 Å². The predicted molar refractivity (Wildman–Crippen MR) is 91.9 cm³/mol. The second-order valence-corrected chi connectivity index (χ2v) is 8.55. The van der Waals surface area contributed by atoms with E-state index in [1.165, 1.54) is 0 Å². The molecular formula is C16H30B2O4. The summed E-state index contributed by atoms with van der Waals surface area (Å²) in [6.07, 6.45) is 1.31. The van der Waals surface area contributed by atoms with Crippen molar-refractivity contribution in [2.24, 2.45) is 11.8 Å². The number of Topliss-reactive ketones (excluding diaryl/α,β-unsaturated/α-hetero) is 1. The molecule has 1 aliphatic heterocycles. The molecule has 0 amide bonds. The van der Waals surface area contributed by atoms with Gasteiger partial charge < -0.3 is 14.2 Å². The third-order valence-corrected chi connectivity index (χ3v) is 5.22. The van der Waals surface area contributed by atoms with Crippen molar-refractivity contribution in [3.8, 4) is 0 Å². The monoisotopic (exact) mass is 308 g/mol. The summed E-state index contributed by atoms with van der Waals surface area (Å²) in [6.45, 7) is 9.91. The van der Waals surface area contributed by atoms with Crippen LogP contribution in [0.1, 0.15) is 40.5 Å². The van der Waals surface area contributed by atoms with Crippen LogP contribution in [0.5, 0.6) is 0 Å². The summed E-state index contributed by atoms with van der Waals surface area (Å²) < 4.78 is 17.7. The fourth-order valence-corrected chi connectivity index (χ4v) is 4.02. The van der Waals surface area contributed by atoms with Crippen LogP contribution in [0, 0.1) is 11.8 Å². The number of rotatable bonds is 6. The summed E-state index contributed by atoms with van der Waals surface area (Å²) >= 11 is 0. The van der Waals surface area contributed by atoms with Gasteiger partial charge in [0.25, 0.3) is 0 Å². The van der Waals surface area contributed by atoms with E-state index in [4.69, 9.17) is 14.2 Å². The highest BCUT2D eigenvalue weighted by Gasteiger charge is 2.67. The average Bonchev–Trinajstić information content (AvgIpc) is 3.11. The quantitative estimate of drug-likeness (QED) is 0.532. The first-order valence-corrected chi connectivity index (χ1v) is 8.41. The number of ketones is 1. The number of carbonyl (C=O) groups excluding carboxylic acids is 1. The van der Waals surface area contributed by atoms with Crippen LogP contribution in [0.3, 0.4) is 0 Å². The maximum atomic E-state index is 12.8. The number of carbonyl (C=O) groups is 1. The molecule has 2 rings (SSSR count). The van der Waals surface area contributed by atoms with Gasteiger partial charge in [-0.2, -0.15) is 0 Å². The fourth-order valence-electron chi connectivity index (χ4n) is 4.02. The lowest BCUT2D eigenvalue weighted by Gasteiger charge is -2.49. The highest BCUT2D eigenvalue weighted by molar-refractivity contribution is 6.51. The Bertz CT molecular complexity index is 430. The van der Waals surface area contributed by atoms with Gasteiger partial charge in [0.05, 0.1) is 23.7 Å². The van der Waals surface area contributed by atoms with Crippen LogP contribution >= 0.6 is 0 Å². The molecule has 1 saturated heterocycles. The molecule has 1 aliphatic carbocycles. The normalized spacial score (nSPS) is 34.4. The molecule has 0 aromatic rings. The van der Waals surface area contributed by atoms with Gasteiger partial charge in [-0.3, -0.25) is 4.79 Å². The van der Waals surface area contributed by atoms with E-state index < -0.39 is 16.9 Å². The van der Waals surface area contributed by atoms with E-state index in [1.54, 1.807) is 7.11 Å². The van der Waals surface area contributed by atoms with Crippen LogP contribution in [-0.2, 0) is 19.0 Å². The number of methoxy groups -OCH3 is 1. The highest BCUT2D eigenvalue weighted by Crippen LogP contribution is 2.56. The molecule has 1 saturated carbocycles. The average molecular weight is 308 g/mol. The first kappa shape index (κ1) is 18.0. The summed E-state index contributed by atoms with van der Waals surface area (Å²) in [5.74, 6) is 0.714. The fraction of sp³-hybridized carbons (Fsp3) is 0.938. The molecule has 2 fully saturated rings. The highest BCUT2D eigenvalue weighted by atomic mass is 16.6. The molecule has 3 atom stereocenters. The molecule has 124 valence electrons. The summed E-state index contributed by atoms with van der Waals surface area (Å²) in [5, 5.41) is -0.401. The Morgan fingerprint density at radius 1 is 1.41 bits per heavy atom. The smallest absolute Gasteiger partial charge is 0.152 e. The van der Waals surface area contributed by atoms with Crippen LogP contribution in [0.2, 0.25) is 5.21 Å². The third-order valence-electron chi connectivity index (χ3n) is 5.22. The van der Waals surface area contributed by atoms with Crippen LogP contribution < -0.4 is 0 Å². The molecule has 0 N–H and O–H groups in total. The Morgan fingerprint density at radius 3 is 2.45 bits per heavy atom. The van der Waals surface area contributed by atoms with E-state index in [2.05, 4.69) is 27.7 Å². The molecular weight excluding hydrogens is 278 g/mol. The zero-order valence-electron chi connectivity index (χ0n) is 15.2. The van der Waals surface area contributed by atoms with Crippen molar-refractivity contribution in [2.75, 3.05) is 20.3 Å². The maximum absolute atomic E-state index is 12.8. The van der Waals surface area contributed by atoms with Crippen LogP contribution in [0.4, 0.5) is 0 Å². The molecule has 0 aromatic heterocycles. The minimum absolute atomic E-state index is 0.0577. The largest absolute Gasteiger partial charge is 0.375 e. The van der Waals surface area contributed by atoms with Gasteiger partial charge in [-0.05, 0) is 37.8 Å². The minimum atomic E-state index is -0.458. The van der Waals surface area contributed by atoms with E-state index in [1.807, 2.05) is 15.7 Å². The molecule has 0 radical (unpaired) electrons. The second kappa shape index (κ2) is 5.95. The lowest BCUT2D eigenvalue weighted by molar-refractivity contribution is -0.166. The molecule has 0 bridgehead atoms. The number of hydrogen-bond acceptors (Lipinski definition) is 4. The SMILES string of the molecule is BC1(B)C[C@]2(CO2)[C@@H](C(C)(C)OCCC(C)C)[C@H](OC)C1=O. The van der Waals surface area contributed by atoms with Crippen LogP contribution in [0.25, 0.3) is 0 Å². The van der Waals surface area contributed by atoms with Gasteiger partial charge in [-0.15, -0.1) is 0 Å². The van der Waals surface area contributed by atoms with Crippen LogP contribution in [0.15, 0.2) is 0 Å². The van der Waals surface area contributed by atoms with E-state index in [0.717, 1.165) is 12.8 Å². The van der Waals surface area contributed by atoms with Gasteiger partial charge in [-0.25, -0.2) is 0 Å². The first-order valence-electron chi connectivity index (χ1n) is 8.41. The molecule has 1 heterocycles. The summed E-state index contributed by atoms with van der Waals surface area (Å²) in [6, 6.07) is 0. The topological polar surface area (TPSA) is 48.1 Å². The zero-order valence-corrected chi connectivity index (χ0v) is 15.2. The van der Waals surface area contributed by atoms with E-state index in [-0.39, 0.29) is 17.3 Å². The molecule has 6 heteroatoms. The minimum Gasteiger partial charge on any atom is -0.375 e. The zero-order chi connectivity index (χ0) is 16.8.